The molecule has 0 saturated heterocycles. The molecule has 0 atom stereocenters. The first-order chi connectivity index (χ1) is 6.82. The van der Waals surface area contributed by atoms with E-state index in [9.17, 15) is 4.79 Å². The molecule has 0 radical (unpaired) electrons. The van der Waals surface area contributed by atoms with Crippen LogP contribution in [-0.4, -0.2) is 22.2 Å². The third kappa shape index (κ3) is 2.72. The predicted molar refractivity (Wildman–Crippen MR) is 60.5 cm³/mol. The third-order valence-electron chi connectivity index (χ3n) is 2.04. The molecule has 3 heteroatoms. The highest BCUT2D eigenvalue weighted by Crippen LogP contribution is 2.19. The van der Waals surface area contributed by atoms with Crippen molar-refractivity contribution in [3.05, 3.63) is 23.9 Å². The summed E-state index contributed by atoms with van der Waals surface area (Å²) in [5, 5.41) is 0. The molecule has 0 aliphatic carbocycles. The fourth-order valence-corrected chi connectivity index (χ4v) is 1.19. The Morgan fingerprint density at radius 3 is 2.47 bits per heavy atom. The van der Waals surface area contributed by atoms with E-state index in [1.54, 1.807) is 6.07 Å². The predicted octanol–water partition coefficient (Wildman–Crippen LogP) is 2.31. The van der Waals surface area contributed by atoms with E-state index in [2.05, 4.69) is 11.7 Å². The fourth-order valence-electron chi connectivity index (χ4n) is 1.19. The molecule has 0 unspecified atom stereocenters. The van der Waals surface area contributed by atoms with Gasteiger partial charge in [-0.2, -0.15) is 4.58 Å². The molecule has 0 saturated carbocycles. The molecule has 1 heterocycles. The van der Waals surface area contributed by atoms with Gasteiger partial charge in [-0.3, -0.25) is 0 Å². The molecule has 0 N–H and O–H groups in total. The summed E-state index contributed by atoms with van der Waals surface area (Å²) in [6.07, 6.45) is 0. The number of aromatic nitrogens is 1. The molecule has 80 valence electrons. The Morgan fingerprint density at radius 1 is 1.40 bits per heavy atom. The van der Waals surface area contributed by atoms with Crippen LogP contribution in [0.2, 0.25) is 0 Å². The number of hydrogen-bond donors (Lipinski definition) is 0. The lowest BCUT2D eigenvalue weighted by Gasteiger charge is -2.14. The lowest BCUT2D eigenvalue weighted by Crippen LogP contribution is -2.29. The van der Waals surface area contributed by atoms with Crippen molar-refractivity contribution in [3.63, 3.8) is 0 Å². The molecule has 0 bridgehead atoms. The Hall–Kier alpha value is -1.51. The van der Waals surface area contributed by atoms with Gasteiger partial charge in [0.1, 0.15) is 5.69 Å². The van der Waals surface area contributed by atoms with Gasteiger partial charge in [0.15, 0.2) is 0 Å². The molecule has 3 nitrogen and oxygen atoms in total. The number of pyridine rings is 1. The van der Waals surface area contributed by atoms with Crippen molar-refractivity contribution in [2.75, 3.05) is 0 Å². The summed E-state index contributed by atoms with van der Waals surface area (Å²) in [6.45, 7) is 11.2. The van der Waals surface area contributed by atoms with E-state index >= 15 is 0 Å². The summed E-state index contributed by atoms with van der Waals surface area (Å²) >= 11 is 0. The molecule has 0 aliphatic rings. The zero-order valence-corrected chi connectivity index (χ0v) is 9.74. The Labute approximate surface area is 90.5 Å². The summed E-state index contributed by atoms with van der Waals surface area (Å²) in [7, 11) is 0. The Morgan fingerprint density at radius 2 is 2.00 bits per heavy atom. The van der Waals surface area contributed by atoms with Crippen LogP contribution in [0.4, 0.5) is 5.82 Å². The van der Waals surface area contributed by atoms with Crippen LogP contribution >= 0.6 is 0 Å². The van der Waals surface area contributed by atoms with Crippen LogP contribution in [0.15, 0.2) is 18.2 Å². The normalized spacial score (nSPS) is 11.2. The minimum Gasteiger partial charge on any atom is -0.246 e. The average molecular weight is 205 g/mol. The van der Waals surface area contributed by atoms with E-state index in [4.69, 9.17) is 0 Å². The van der Waals surface area contributed by atoms with Crippen molar-refractivity contribution in [2.45, 2.75) is 27.7 Å². The van der Waals surface area contributed by atoms with E-state index in [0.29, 0.717) is 5.82 Å². The van der Waals surface area contributed by atoms with Crippen LogP contribution in [0, 0.1) is 12.3 Å². The highest BCUT2D eigenvalue weighted by molar-refractivity contribution is 5.76. The molecule has 0 spiro atoms. The van der Waals surface area contributed by atoms with Crippen molar-refractivity contribution in [1.82, 2.24) is 4.98 Å². The summed E-state index contributed by atoms with van der Waals surface area (Å²) in [5.41, 5.74) is 0.440. The number of rotatable bonds is 1. The minimum atomic E-state index is -0.437. The zero-order chi connectivity index (χ0) is 11.6. The van der Waals surface area contributed by atoms with Gasteiger partial charge in [0.2, 0.25) is 0 Å². The van der Waals surface area contributed by atoms with Gasteiger partial charge >= 0.3 is 11.7 Å². The van der Waals surface area contributed by atoms with E-state index < -0.39 is 5.41 Å². The summed E-state index contributed by atoms with van der Waals surface area (Å²) < 4.78 is 1.35. The Bertz CT molecular complexity index is 402. The van der Waals surface area contributed by atoms with E-state index in [1.807, 2.05) is 39.8 Å². The maximum absolute atomic E-state index is 11.9. The van der Waals surface area contributed by atoms with Crippen LogP contribution in [0.3, 0.4) is 0 Å². The molecule has 0 aromatic carbocycles. The molecule has 0 fully saturated rings. The van der Waals surface area contributed by atoms with Gasteiger partial charge in [-0.05, 0) is 37.9 Å². The van der Waals surface area contributed by atoms with Crippen LogP contribution in [0.5, 0.6) is 0 Å². The second-order valence-corrected chi connectivity index (χ2v) is 4.62. The quantitative estimate of drug-likeness (QED) is 0.520. The van der Waals surface area contributed by atoms with Crippen molar-refractivity contribution in [1.29, 1.82) is 0 Å². The van der Waals surface area contributed by atoms with Crippen molar-refractivity contribution < 1.29 is 9.37 Å². The lowest BCUT2D eigenvalue weighted by molar-refractivity contribution is -0.372. The number of carbonyl (C=O) groups is 1. The molecular weight excluding hydrogens is 188 g/mol. The van der Waals surface area contributed by atoms with Crippen LogP contribution in [-0.2, 0) is 4.79 Å². The first-order valence-electron chi connectivity index (χ1n) is 4.91. The number of carbonyl (C=O) groups excluding carboxylic acids is 1. The maximum atomic E-state index is 11.9. The van der Waals surface area contributed by atoms with Crippen LogP contribution in [0.1, 0.15) is 26.5 Å². The topological polar surface area (TPSA) is 33.0 Å². The summed E-state index contributed by atoms with van der Waals surface area (Å²) in [5.74, 6) is 0.551. The third-order valence-corrected chi connectivity index (χ3v) is 2.04. The second-order valence-electron chi connectivity index (χ2n) is 4.62. The lowest BCUT2D eigenvalue weighted by atomic mass is 9.95. The SMILES string of the molecule is C=[N+](C(=O)C(C)(C)C)c1cccc(C)n1. The molecule has 1 aromatic heterocycles. The number of hydrogen-bond acceptors (Lipinski definition) is 2. The summed E-state index contributed by atoms with van der Waals surface area (Å²) in [4.78, 5) is 16.2. The molecular formula is C12H17N2O+. The zero-order valence-electron chi connectivity index (χ0n) is 9.74. The van der Waals surface area contributed by atoms with Crippen molar-refractivity contribution in [3.8, 4) is 0 Å². The number of aryl methyl sites for hydroxylation is 1. The van der Waals surface area contributed by atoms with Gasteiger partial charge in [0.05, 0.1) is 12.1 Å². The van der Waals surface area contributed by atoms with Gasteiger partial charge in [0, 0.05) is 13.0 Å². The molecule has 0 aliphatic heterocycles. The molecule has 1 rings (SSSR count). The van der Waals surface area contributed by atoms with Gasteiger partial charge in [-0.1, -0.05) is 0 Å². The second kappa shape index (κ2) is 3.93. The highest BCUT2D eigenvalue weighted by Gasteiger charge is 2.29. The van der Waals surface area contributed by atoms with Crippen molar-refractivity contribution >= 4 is 18.4 Å². The van der Waals surface area contributed by atoms with Gasteiger partial charge in [-0.15, -0.1) is 0 Å². The number of amides is 1. The minimum absolute atomic E-state index is 0.0411. The monoisotopic (exact) mass is 205 g/mol. The van der Waals surface area contributed by atoms with E-state index in [1.165, 1.54) is 4.58 Å². The van der Waals surface area contributed by atoms with E-state index in [-0.39, 0.29) is 5.91 Å². The van der Waals surface area contributed by atoms with Crippen molar-refractivity contribution in [2.24, 2.45) is 5.41 Å². The first-order valence-corrected chi connectivity index (χ1v) is 4.91. The van der Waals surface area contributed by atoms with Gasteiger partial charge < -0.3 is 0 Å². The Kier molecular flexibility index (Phi) is 3.03. The smallest absolute Gasteiger partial charge is 0.246 e. The van der Waals surface area contributed by atoms with Gasteiger partial charge in [0.25, 0.3) is 0 Å². The highest BCUT2D eigenvalue weighted by atomic mass is 16.2. The van der Waals surface area contributed by atoms with E-state index in [0.717, 1.165) is 5.69 Å². The molecule has 1 amide bonds. The first kappa shape index (κ1) is 11.6. The van der Waals surface area contributed by atoms with Gasteiger partial charge in [-0.25, -0.2) is 4.79 Å². The van der Waals surface area contributed by atoms with Crippen LogP contribution < -0.4 is 0 Å². The maximum Gasteiger partial charge on any atom is 0.330 e. The number of nitrogens with zero attached hydrogens (tertiary/aromatic N) is 2. The van der Waals surface area contributed by atoms with Crippen LogP contribution in [0.25, 0.3) is 0 Å². The standard InChI is InChI=1S/C12H17N2O/c1-9-7-6-8-10(13-9)14(5)11(15)12(2,3)4/h6-8H,5H2,1-4H3/q+1. The average Bonchev–Trinajstić information content (AvgIpc) is 2.14. The molecule has 1 aromatic rings. The fraction of sp³-hybridized carbons (Fsp3) is 0.417. The molecule has 15 heavy (non-hydrogen) atoms. The summed E-state index contributed by atoms with van der Waals surface area (Å²) in [6, 6.07) is 5.54. The largest absolute Gasteiger partial charge is 0.330 e. The Balaban J connectivity index is 3.01.